The Morgan fingerprint density at radius 2 is 1.83 bits per heavy atom. The van der Waals surface area contributed by atoms with Crippen LogP contribution in [-0.2, 0) is 6.54 Å². The minimum absolute atomic E-state index is 0.0561. The molecule has 0 bridgehead atoms. The first-order chi connectivity index (χ1) is 11.0. The van der Waals surface area contributed by atoms with Crippen LogP contribution in [0.5, 0.6) is 0 Å². The Kier molecular flexibility index (Phi) is 5.68. The Labute approximate surface area is 137 Å². The molecule has 5 heteroatoms. The summed E-state index contributed by atoms with van der Waals surface area (Å²) in [6, 6.07) is 9.91. The normalized spacial score (nSPS) is 10.4. The Morgan fingerprint density at radius 3 is 2.48 bits per heavy atom. The van der Waals surface area contributed by atoms with Gasteiger partial charge in [0.15, 0.2) is 0 Å². The molecule has 0 spiro atoms. The van der Waals surface area contributed by atoms with Crippen LogP contribution >= 0.6 is 0 Å². The predicted octanol–water partition coefficient (Wildman–Crippen LogP) is 3.19. The molecular formula is C18H24N4O. The van der Waals surface area contributed by atoms with E-state index in [9.17, 15) is 4.79 Å². The number of anilines is 1. The molecule has 0 saturated heterocycles. The number of rotatable bonds is 6. The van der Waals surface area contributed by atoms with Crippen LogP contribution in [0.25, 0.3) is 0 Å². The van der Waals surface area contributed by atoms with Gasteiger partial charge in [-0.2, -0.15) is 0 Å². The molecule has 1 aromatic heterocycles. The van der Waals surface area contributed by atoms with Crippen molar-refractivity contribution in [2.45, 2.75) is 34.2 Å². The van der Waals surface area contributed by atoms with Gasteiger partial charge >= 0.3 is 0 Å². The van der Waals surface area contributed by atoms with E-state index in [0.717, 1.165) is 5.69 Å². The maximum atomic E-state index is 12.4. The van der Waals surface area contributed by atoms with Crippen molar-refractivity contribution in [3.63, 3.8) is 0 Å². The minimum Gasteiger partial charge on any atom is -0.350 e. The summed E-state index contributed by atoms with van der Waals surface area (Å²) in [7, 11) is 0. The number of carbonyl (C=O) groups excluding carboxylic acids is 1. The summed E-state index contributed by atoms with van der Waals surface area (Å²) in [5.41, 5.74) is 3.62. The predicted molar refractivity (Wildman–Crippen MR) is 92.5 cm³/mol. The second-order valence-electron chi connectivity index (χ2n) is 5.48. The number of hydrogen-bond acceptors (Lipinski definition) is 4. The maximum absolute atomic E-state index is 12.4. The zero-order chi connectivity index (χ0) is 16.8. The van der Waals surface area contributed by atoms with E-state index >= 15 is 0 Å². The second kappa shape index (κ2) is 7.72. The van der Waals surface area contributed by atoms with Crippen molar-refractivity contribution in [2.75, 3.05) is 18.4 Å². The van der Waals surface area contributed by atoms with Crippen LogP contribution in [-0.4, -0.2) is 33.9 Å². The smallest absolute Gasteiger partial charge is 0.272 e. The van der Waals surface area contributed by atoms with Gasteiger partial charge in [-0.15, -0.1) is 0 Å². The summed E-state index contributed by atoms with van der Waals surface area (Å²) < 4.78 is 0. The van der Waals surface area contributed by atoms with Gasteiger partial charge in [-0.05, 0) is 44.9 Å². The molecule has 122 valence electrons. The fourth-order valence-corrected chi connectivity index (χ4v) is 2.41. The Bertz CT molecular complexity index is 680. The molecule has 23 heavy (non-hydrogen) atoms. The Balaban J connectivity index is 2.17. The molecule has 1 amide bonds. The molecule has 1 N–H and O–H groups in total. The lowest BCUT2D eigenvalue weighted by atomic mass is 10.1. The molecule has 1 aromatic carbocycles. The first kappa shape index (κ1) is 16.9. The monoisotopic (exact) mass is 312 g/mol. The summed E-state index contributed by atoms with van der Waals surface area (Å²) in [4.78, 5) is 23.0. The molecule has 0 unspecified atom stereocenters. The van der Waals surface area contributed by atoms with E-state index < -0.39 is 0 Å². The van der Waals surface area contributed by atoms with Gasteiger partial charge in [-0.25, -0.2) is 9.97 Å². The van der Waals surface area contributed by atoms with Crippen LogP contribution in [0.1, 0.15) is 41.2 Å². The van der Waals surface area contributed by atoms with E-state index in [0.29, 0.717) is 31.3 Å². The molecule has 0 aliphatic rings. The van der Waals surface area contributed by atoms with Gasteiger partial charge in [0.05, 0.1) is 0 Å². The van der Waals surface area contributed by atoms with Crippen molar-refractivity contribution in [3.8, 4) is 0 Å². The zero-order valence-electron chi connectivity index (χ0n) is 14.3. The fourth-order valence-electron chi connectivity index (χ4n) is 2.41. The lowest BCUT2D eigenvalue weighted by Gasteiger charge is -2.18. The average Bonchev–Trinajstić information content (AvgIpc) is 2.54. The molecule has 0 fully saturated rings. The van der Waals surface area contributed by atoms with Gasteiger partial charge in [-0.1, -0.05) is 24.3 Å². The SMILES string of the molecule is CCN(CC)C(=O)c1cc(C)nc(NCc2ccccc2C)n1. The lowest BCUT2D eigenvalue weighted by Crippen LogP contribution is -2.31. The standard InChI is InChI=1S/C18H24N4O/c1-5-22(6-2)17(23)16-11-14(4)20-18(21-16)19-12-15-10-8-7-9-13(15)3/h7-11H,5-6,12H2,1-4H3,(H,19,20,21). The van der Waals surface area contributed by atoms with Crippen molar-refractivity contribution in [1.29, 1.82) is 0 Å². The molecule has 0 aliphatic carbocycles. The Hall–Kier alpha value is -2.43. The highest BCUT2D eigenvalue weighted by Gasteiger charge is 2.15. The van der Waals surface area contributed by atoms with Crippen LogP contribution in [0.4, 0.5) is 5.95 Å². The molecule has 0 atom stereocenters. The van der Waals surface area contributed by atoms with Crippen LogP contribution in [0.2, 0.25) is 0 Å². The van der Waals surface area contributed by atoms with Gasteiger partial charge in [0.1, 0.15) is 5.69 Å². The first-order valence-electron chi connectivity index (χ1n) is 7.98. The first-order valence-corrected chi connectivity index (χ1v) is 7.98. The molecule has 2 aromatic rings. The van der Waals surface area contributed by atoms with E-state index in [4.69, 9.17) is 0 Å². The van der Waals surface area contributed by atoms with Gasteiger partial charge in [0.2, 0.25) is 5.95 Å². The van der Waals surface area contributed by atoms with E-state index in [1.165, 1.54) is 11.1 Å². The third-order valence-corrected chi connectivity index (χ3v) is 3.82. The number of amides is 1. The quantitative estimate of drug-likeness (QED) is 0.890. The highest BCUT2D eigenvalue weighted by Crippen LogP contribution is 2.11. The molecule has 5 nitrogen and oxygen atoms in total. The molecule has 0 aliphatic heterocycles. The van der Waals surface area contributed by atoms with Crippen molar-refractivity contribution in [2.24, 2.45) is 0 Å². The highest BCUT2D eigenvalue weighted by atomic mass is 16.2. The summed E-state index contributed by atoms with van der Waals surface area (Å²) in [6.45, 7) is 9.85. The van der Waals surface area contributed by atoms with Crippen LogP contribution in [0.15, 0.2) is 30.3 Å². The lowest BCUT2D eigenvalue weighted by molar-refractivity contribution is 0.0767. The summed E-state index contributed by atoms with van der Waals surface area (Å²) >= 11 is 0. The van der Waals surface area contributed by atoms with Gasteiger partial charge in [0, 0.05) is 25.3 Å². The zero-order valence-corrected chi connectivity index (χ0v) is 14.3. The number of aromatic nitrogens is 2. The summed E-state index contributed by atoms with van der Waals surface area (Å²) in [5, 5.41) is 3.22. The topological polar surface area (TPSA) is 58.1 Å². The van der Waals surface area contributed by atoms with Crippen molar-refractivity contribution in [3.05, 3.63) is 52.8 Å². The van der Waals surface area contributed by atoms with E-state index in [1.807, 2.05) is 32.9 Å². The molecule has 0 radical (unpaired) electrons. The van der Waals surface area contributed by atoms with E-state index in [1.54, 1.807) is 11.0 Å². The molecule has 2 rings (SSSR count). The van der Waals surface area contributed by atoms with E-state index in [2.05, 4.69) is 34.3 Å². The van der Waals surface area contributed by atoms with Crippen LogP contribution < -0.4 is 5.32 Å². The van der Waals surface area contributed by atoms with Crippen LogP contribution in [0.3, 0.4) is 0 Å². The largest absolute Gasteiger partial charge is 0.350 e. The maximum Gasteiger partial charge on any atom is 0.272 e. The number of hydrogen-bond donors (Lipinski definition) is 1. The minimum atomic E-state index is -0.0561. The number of benzene rings is 1. The average molecular weight is 312 g/mol. The molecule has 1 heterocycles. The molecule has 0 saturated carbocycles. The van der Waals surface area contributed by atoms with Crippen molar-refractivity contribution in [1.82, 2.24) is 14.9 Å². The van der Waals surface area contributed by atoms with Gasteiger partial charge in [-0.3, -0.25) is 4.79 Å². The fraction of sp³-hybridized carbons (Fsp3) is 0.389. The van der Waals surface area contributed by atoms with Crippen LogP contribution in [0, 0.1) is 13.8 Å². The van der Waals surface area contributed by atoms with Crippen molar-refractivity contribution < 1.29 is 4.79 Å². The second-order valence-corrected chi connectivity index (χ2v) is 5.48. The third-order valence-electron chi connectivity index (χ3n) is 3.82. The number of nitrogens with one attached hydrogen (secondary N) is 1. The van der Waals surface area contributed by atoms with Gasteiger partial charge in [0.25, 0.3) is 5.91 Å². The van der Waals surface area contributed by atoms with Gasteiger partial charge < -0.3 is 10.2 Å². The molecular weight excluding hydrogens is 288 g/mol. The number of aryl methyl sites for hydroxylation is 2. The third kappa shape index (κ3) is 4.28. The summed E-state index contributed by atoms with van der Waals surface area (Å²) in [5.74, 6) is 0.434. The Morgan fingerprint density at radius 1 is 1.13 bits per heavy atom. The number of nitrogens with zero attached hydrogens (tertiary/aromatic N) is 3. The van der Waals surface area contributed by atoms with Crippen molar-refractivity contribution >= 4 is 11.9 Å². The highest BCUT2D eigenvalue weighted by molar-refractivity contribution is 5.92. The number of carbonyl (C=O) groups is 1. The summed E-state index contributed by atoms with van der Waals surface area (Å²) in [6.07, 6.45) is 0. The van der Waals surface area contributed by atoms with E-state index in [-0.39, 0.29) is 5.91 Å².